The molecule has 2 aromatic carbocycles. The van der Waals surface area contributed by atoms with Crippen molar-refractivity contribution >= 4 is 29.8 Å². The van der Waals surface area contributed by atoms with Crippen LogP contribution in [0.4, 0.5) is 4.79 Å². The SMILES string of the molecule is Cc1ccc(C(C(=O)NC(Cc2ccccc2)C(=O)OC(C)(C)C)N(C(=O)C(CCC(N)=O)NC(=O)OC(C)(C)C)C(C)C)cc1C. The van der Waals surface area contributed by atoms with Crippen LogP contribution in [0.5, 0.6) is 0 Å². The number of hydrogen-bond acceptors (Lipinski definition) is 7. The number of nitrogens with zero attached hydrogens (tertiary/aromatic N) is 1. The second-order valence-electron chi connectivity index (χ2n) is 14.1. The molecule has 0 spiro atoms. The molecular weight excluding hydrogens is 600 g/mol. The first-order valence-corrected chi connectivity index (χ1v) is 15.9. The maximum Gasteiger partial charge on any atom is 0.408 e. The van der Waals surface area contributed by atoms with Crippen molar-refractivity contribution in [2.24, 2.45) is 5.73 Å². The van der Waals surface area contributed by atoms with Crippen molar-refractivity contribution in [2.45, 2.75) is 124 Å². The summed E-state index contributed by atoms with van der Waals surface area (Å²) in [7, 11) is 0. The number of nitrogens with two attached hydrogens (primary N) is 1. The van der Waals surface area contributed by atoms with E-state index in [1.807, 2.05) is 56.3 Å². The molecule has 47 heavy (non-hydrogen) atoms. The second-order valence-corrected chi connectivity index (χ2v) is 14.1. The van der Waals surface area contributed by atoms with E-state index in [2.05, 4.69) is 10.6 Å². The summed E-state index contributed by atoms with van der Waals surface area (Å²) in [5.41, 5.74) is 6.93. The zero-order chi connectivity index (χ0) is 35.7. The van der Waals surface area contributed by atoms with Crippen molar-refractivity contribution in [1.82, 2.24) is 15.5 Å². The van der Waals surface area contributed by atoms with Crippen LogP contribution in [0.25, 0.3) is 0 Å². The van der Waals surface area contributed by atoms with E-state index in [0.29, 0.717) is 5.56 Å². The lowest BCUT2D eigenvalue weighted by molar-refractivity contribution is -0.159. The summed E-state index contributed by atoms with van der Waals surface area (Å²) in [6.45, 7) is 17.6. The van der Waals surface area contributed by atoms with Crippen LogP contribution < -0.4 is 16.4 Å². The zero-order valence-electron chi connectivity index (χ0n) is 29.4. The third kappa shape index (κ3) is 12.7. The molecule has 0 aliphatic rings. The van der Waals surface area contributed by atoms with Crippen LogP contribution in [-0.4, -0.2) is 64.0 Å². The minimum atomic E-state index is -1.24. The van der Waals surface area contributed by atoms with Gasteiger partial charge in [-0.2, -0.15) is 0 Å². The van der Waals surface area contributed by atoms with Crippen LogP contribution in [0.15, 0.2) is 48.5 Å². The summed E-state index contributed by atoms with van der Waals surface area (Å²) in [5.74, 6) is -2.52. The van der Waals surface area contributed by atoms with Gasteiger partial charge in [-0.15, -0.1) is 0 Å². The van der Waals surface area contributed by atoms with Gasteiger partial charge in [0.15, 0.2) is 0 Å². The van der Waals surface area contributed by atoms with Gasteiger partial charge in [-0.25, -0.2) is 9.59 Å². The number of alkyl carbamates (subject to hydrolysis) is 1. The zero-order valence-corrected chi connectivity index (χ0v) is 29.4. The van der Waals surface area contributed by atoms with Gasteiger partial charge in [-0.1, -0.05) is 48.5 Å². The number of esters is 1. The van der Waals surface area contributed by atoms with Crippen molar-refractivity contribution in [1.29, 1.82) is 0 Å². The molecule has 0 aromatic heterocycles. The number of benzene rings is 2. The fourth-order valence-corrected chi connectivity index (χ4v) is 4.89. The highest BCUT2D eigenvalue weighted by Crippen LogP contribution is 2.28. The van der Waals surface area contributed by atoms with E-state index >= 15 is 0 Å². The van der Waals surface area contributed by atoms with Gasteiger partial charge in [0.05, 0.1) is 0 Å². The first-order valence-electron chi connectivity index (χ1n) is 15.9. The largest absolute Gasteiger partial charge is 0.458 e. The number of primary amides is 1. The molecule has 3 unspecified atom stereocenters. The number of amides is 4. The van der Waals surface area contributed by atoms with E-state index in [1.165, 1.54) is 4.90 Å². The topological polar surface area (TPSA) is 157 Å². The van der Waals surface area contributed by atoms with Gasteiger partial charge in [-0.3, -0.25) is 14.4 Å². The molecule has 11 heteroatoms. The second kappa shape index (κ2) is 16.4. The molecule has 0 fully saturated rings. The summed E-state index contributed by atoms with van der Waals surface area (Å²) < 4.78 is 11.1. The average Bonchev–Trinajstić information content (AvgIpc) is 2.93. The van der Waals surface area contributed by atoms with Crippen LogP contribution in [0.3, 0.4) is 0 Å². The Bertz CT molecular complexity index is 1410. The maximum atomic E-state index is 14.5. The molecule has 0 aliphatic carbocycles. The molecule has 4 amide bonds. The standard InChI is InChI=1S/C36H52N4O7/c1-22(2)40(32(43)27(18-19-29(37)41)39-34(45)47-36(8,9)10)30(26-17-16-23(3)24(4)20-26)31(42)38-28(33(44)46-35(5,6)7)21-25-14-12-11-13-15-25/h11-17,20,22,27-28,30H,18-19,21H2,1-10H3,(H2,37,41)(H,38,42)(H,39,45). The number of aryl methyl sites for hydroxylation is 2. The van der Waals surface area contributed by atoms with Crippen LogP contribution in [-0.2, 0) is 35.1 Å². The lowest BCUT2D eigenvalue weighted by Crippen LogP contribution is -2.56. The van der Waals surface area contributed by atoms with E-state index < -0.39 is 65.2 Å². The smallest absolute Gasteiger partial charge is 0.408 e. The predicted octanol–water partition coefficient (Wildman–Crippen LogP) is 4.81. The molecule has 3 atom stereocenters. The molecule has 11 nitrogen and oxygen atoms in total. The maximum absolute atomic E-state index is 14.5. The van der Waals surface area contributed by atoms with E-state index in [9.17, 15) is 24.0 Å². The third-order valence-electron chi connectivity index (χ3n) is 7.14. The number of nitrogens with one attached hydrogen (secondary N) is 2. The van der Waals surface area contributed by atoms with Gasteiger partial charge in [0, 0.05) is 18.9 Å². The summed E-state index contributed by atoms with van der Waals surface area (Å²) >= 11 is 0. The summed E-state index contributed by atoms with van der Waals surface area (Å²) in [6.07, 6.45) is -1.02. The normalized spacial score (nSPS) is 13.6. The Kier molecular flexibility index (Phi) is 13.5. The number of hydrogen-bond donors (Lipinski definition) is 3. The molecular formula is C36H52N4O7. The Labute approximate surface area is 278 Å². The first-order chi connectivity index (χ1) is 21.7. The molecule has 2 rings (SSSR count). The highest BCUT2D eigenvalue weighted by atomic mass is 16.6. The monoisotopic (exact) mass is 652 g/mol. The van der Waals surface area contributed by atoms with Crippen LogP contribution in [0, 0.1) is 13.8 Å². The molecule has 4 N–H and O–H groups in total. The first kappa shape index (κ1) is 38.8. The lowest BCUT2D eigenvalue weighted by atomic mass is 9.96. The van der Waals surface area contributed by atoms with E-state index in [0.717, 1.165) is 16.7 Å². The average molecular weight is 653 g/mol. The fraction of sp³-hybridized carbons (Fsp3) is 0.528. The summed E-state index contributed by atoms with van der Waals surface area (Å²) in [4.78, 5) is 68.3. The molecule has 0 saturated carbocycles. The minimum absolute atomic E-state index is 0.119. The molecule has 0 aliphatic heterocycles. The Morgan fingerprint density at radius 1 is 0.809 bits per heavy atom. The summed E-state index contributed by atoms with van der Waals surface area (Å²) in [6, 6.07) is 10.6. The van der Waals surface area contributed by atoms with E-state index in [1.54, 1.807) is 61.5 Å². The number of carbonyl (C=O) groups is 5. The molecule has 0 bridgehead atoms. The quantitative estimate of drug-likeness (QED) is 0.262. The van der Waals surface area contributed by atoms with Crippen molar-refractivity contribution in [3.8, 4) is 0 Å². The molecule has 258 valence electrons. The van der Waals surface area contributed by atoms with Crippen molar-refractivity contribution < 1.29 is 33.4 Å². The highest BCUT2D eigenvalue weighted by molar-refractivity contribution is 5.94. The molecule has 0 radical (unpaired) electrons. The van der Waals surface area contributed by atoms with Crippen LogP contribution in [0.2, 0.25) is 0 Å². The number of rotatable bonds is 13. The molecule has 0 heterocycles. The van der Waals surface area contributed by atoms with Gasteiger partial charge in [0.2, 0.25) is 17.7 Å². The van der Waals surface area contributed by atoms with Gasteiger partial charge in [0.1, 0.15) is 29.3 Å². The Balaban J connectivity index is 2.64. The van der Waals surface area contributed by atoms with Gasteiger partial charge >= 0.3 is 12.1 Å². The van der Waals surface area contributed by atoms with Crippen molar-refractivity contribution in [3.05, 3.63) is 70.8 Å². The highest BCUT2D eigenvalue weighted by Gasteiger charge is 2.39. The molecule has 2 aromatic rings. The van der Waals surface area contributed by atoms with Gasteiger partial charge < -0.3 is 30.7 Å². The van der Waals surface area contributed by atoms with Crippen molar-refractivity contribution in [2.75, 3.05) is 0 Å². The Hall–Kier alpha value is -4.41. The van der Waals surface area contributed by atoms with Crippen LogP contribution >= 0.6 is 0 Å². The number of ether oxygens (including phenoxy) is 2. The molecule has 0 saturated heterocycles. The Morgan fingerprint density at radius 2 is 1.40 bits per heavy atom. The van der Waals surface area contributed by atoms with Crippen LogP contribution in [0.1, 0.15) is 96.5 Å². The Morgan fingerprint density at radius 3 is 1.91 bits per heavy atom. The third-order valence-corrected chi connectivity index (χ3v) is 7.14. The predicted molar refractivity (Wildman–Crippen MR) is 180 cm³/mol. The van der Waals surface area contributed by atoms with Crippen molar-refractivity contribution in [3.63, 3.8) is 0 Å². The fourth-order valence-electron chi connectivity index (χ4n) is 4.89. The van der Waals surface area contributed by atoms with E-state index in [-0.39, 0.29) is 19.3 Å². The summed E-state index contributed by atoms with van der Waals surface area (Å²) in [5, 5.41) is 5.46. The lowest BCUT2D eigenvalue weighted by Gasteiger charge is -2.38. The van der Waals surface area contributed by atoms with E-state index in [4.69, 9.17) is 15.2 Å². The number of carbonyl (C=O) groups excluding carboxylic acids is 5. The minimum Gasteiger partial charge on any atom is -0.458 e. The van der Waals surface area contributed by atoms with Gasteiger partial charge in [0.25, 0.3) is 0 Å². The van der Waals surface area contributed by atoms with Gasteiger partial charge in [-0.05, 0) is 97.9 Å².